The van der Waals surface area contributed by atoms with Gasteiger partial charge in [0.15, 0.2) is 4.80 Å². The molecular weight excluding hydrogens is 360 g/mol. The fourth-order valence-corrected chi connectivity index (χ4v) is 4.73. The number of para-hydroxylation sites is 1. The van der Waals surface area contributed by atoms with Gasteiger partial charge in [-0.15, -0.1) is 0 Å². The first-order chi connectivity index (χ1) is 12.5. The van der Waals surface area contributed by atoms with Gasteiger partial charge in [-0.1, -0.05) is 41.2 Å². The van der Waals surface area contributed by atoms with Gasteiger partial charge in [-0.25, -0.2) is 0 Å². The molecule has 0 aliphatic rings. The molecule has 0 aliphatic carbocycles. The lowest BCUT2D eigenvalue weighted by Crippen LogP contribution is -2.19. The van der Waals surface area contributed by atoms with Gasteiger partial charge in [0.1, 0.15) is 0 Å². The molecule has 0 unspecified atom stereocenters. The molecule has 0 atom stereocenters. The van der Waals surface area contributed by atoms with E-state index in [4.69, 9.17) is 0 Å². The largest absolute Gasteiger partial charge is 0.316 e. The van der Waals surface area contributed by atoms with Crippen LogP contribution in [0.4, 0.5) is 0 Å². The average molecular weight is 385 g/mol. The molecule has 0 N–H and O–H groups in total. The van der Waals surface area contributed by atoms with Crippen LogP contribution in [0.1, 0.15) is 22.3 Å². The molecule has 0 saturated carbocycles. The molecule has 5 heteroatoms. The van der Waals surface area contributed by atoms with Crippen LogP contribution in [0.2, 0.25) is 0 Å². The van der Waals surface area contributed by atoms with Crippen molar-refractivity contribution in [2.45, 2.75) is 33.7 Å². The topological polar surface area (TPSA) is 34.4 Å². The highest BCUT2D eigenvalue weighted by atomic mass is 32.2. The lowest BCUT2D eigenvalue weighted by Gasteiger charge is -2.09. The van der Waals surface area contributed by atoms with Crippen LogP contribution in [-0.4, -0.2) is 22.5 Å². The number of amides is 1. The Kier molecular flexibility index (Phi) is 5.99. The molecule has 0 saturated heterocycles. The molecule has 1 amide bonds. The fourth-order valence-electron chi connectivity index (χ4n) is 3.29. The Morgan fingerprint density at radius 1 is 1.15 bits per heavy atom. The number of hydrogen-bond acceptors (Lipinski definition) is 3. The summed E-state index contributed by atoms with van der Waals surface area (Å²) in [5.74, 6) is 0.919. The van der Waals surface area contributed by atoms with Gasteiger partial charge >= 0.3 is 0 Å². The van der Waals surface area contributed by atoms with Crippen LogP contribution in [0.5, 0.6) is 0 Å². The molecule has 26 heavy (non-hydrogen) atoms. The van der Waals surface area contributed by atoms with Crippen molar-refractivity contribution in [2.75, 3.05) is 12.0 Å². The zero-order valence-electron chi connectivity index (χ0n) is 15.7. The zero-order chi connectivity index (χ0) is 18.7. The van der Waals surface area contributed by atoms with Crippen molar-refractivity contribution in [2.24, 2.45) is 4.99 Å². The third-order valence-corrected chi connectivity index (χ3v) is 6.15. The van der Waals surface area contributed by atoms with Crippen molar-refractivity contribution in [3.05, 3.63) is 63.5 Å². The molecule has 3 aromatic rings. The third-order valence-electron chi connectivity index (χ3n) is 4.50. The van der Waals surface area contributed by atoms with Crippen molar-refractivity contribution in [3.8, 4) is 0 Å². The lowest BCUT2D eigenvalue weighted by atomic mass is 9.97. The Balaban J connectivity index is 1.98. The summed E-state index contributed by atoms with van der Waals surface area (Å²) in [6, 6.07) is 12.5. The van der Waals surface area contributed by atoms with Crippen LogP contribution in [0.25, 0.3) is 10.2 Å². The Morgan fingerprint density at radius 3 is 2.54 bits per heavy atom. The molecule has 0 radical (unpaired) electrons. The number of carbonyl (C=O) groups excluding carboxylic acids is 1. The fraction of sp³-hybridized carbons (Fsp3) is 0.333. The van der Waals surface area contributed by atoms with Crippen molar-refractivity contribution in [1.82, 2.24) is 4.57 Å². The molecular formula is C21H24N2OS2. The smallest absolute Gasteiger partial charge is 0.252 e. The van der Waals surface area contributed by atoms with Gasteiger partial charge in [-0.2, -0.15) is 16.8 Å². The third kappa shape index (κ3) is 4.10. The maximum atomic E-state index is 12.7. The normalized spacial score (nSPS) is 12.1. The van der Waals surface area contributed by atoms with Gasteiger partial charge in [-0.3, -0.25) is 4.79 Å². The number of rotatable bonds is 5. The first kappa shape index (κ1) is 18.9. The molecule has 1 aromatic heterocycles. The summed E-state index contributed by atoms with van der Waals surface area (Å²) in [7, 11) is 0. The molecule has 3 nitrogen and oxygen atoms in total. The second-order valence-corrected chi connectivity index (χ2v) is 8.55. The number of nitrogens with zero attached hydrogens (tertiary/aromatic N) is 2. The first-order valence-corrected chi connectivity index (χ1v) is 10.9. The van der Waals surface area contributed by atoms with E-state index >= 15 is 0 Å². The minimum Gasteiger partial charge on any atom is -0.316 e. The summed E-state index contributed by atoms with van der Waals surface area (Å²) in [5, 5.41) is 0. The van der Waals surface area contributed by atoms with Crippen molar-refractivity contribution < 1.29 is 4.79 Å². The Labute approximate surface area is 162 Å². The summed E-state index contributed by atoms with van der Waals surface area (Å²) >= 11 is 3.39. The number of benzene rings is 2. The SMILES string of the molecule is CSCCn1c(=NC(=O)Cc2c(C)cc(C)cc2C)sc2ccccc21. The Bertz CT molecular complexity index is 991. The van der Waals surface area contributed by atoms with E-state index in [1.165, 1.54) is 10.3 Å². The quantitative estimate of drug-likeness (QED) is 0.641. The number of aromatic nitrogens is 1. The number of thioether (sulfide) groups is 1. The zero-order valence-corrected chi connectivity index (χ0v) is 17.3. The molecule has 2 aromatic carbocycles. The van der Waals surface area contributed by atoms with Crippen molar-refractivity contribution >= 4 is 39.2 Å². The summed E-state index contributed by atoms with van der Waals surface area (Å²) < 4.78 is 3.34. The standard InChI is InChI=1S/C21H24N2OS2/c1-14-11-15(2)17(16(3)12-14)13-20(24)22-21-23(9-10-25-4)18-7-5-6-8-19(18)26-21/h5-8,11-12H,9-10,13H2,1-4H3. The highest BCUT2D eigenvalue weighted by molar-refractivity contribution is 7.98. The summed E-state index contributed by atoms with van der Waals surface area (Å²) in [5.41, 5.74) is 5.81. The number of hydrogen-bond donors (Lipinski definition) is 0. The second-order valence-electron chi connectivity index (χ2n) is 6.56. The summed E-state index contributed by atoms with van der Waals surface area (Å²) in [4.78, 5) is 18.0. The number of thiazole rings is 1. The number of fused-ring (bicyclic) bond motifs is 1. The maximum absolute atomic E-state index is 12.7. The predicted octanol–water partition coefficient (Wildman–Crippen LogP) is 4.66. The Morgan fingerprint density at radius 2 is 1.85 bits per heavy atom. The molecule has 0 fully saturated rings. The lowest BCUT2D eigenvalue weighted by molar-refractivity contribution is -0.117. The van der Waals surface area contributed by atoms with Gasteiger partial charge in [0.2, 0.25) is 0 Å². The predicted molar refractivity (Wildman–Crippen MR) is 113 cm³/mol. The van der Waals surface area contributed by atoms with E-state index in [0.29, 0.717) is 6.42 Å². The van der Waals surface area contributed by atoms with E-state index < -0.39 is 0 Å². The van der Waals surface area contributed by atoms with Gasteiger partial charge < -0.3 is 4.57 Å². The minimum atomic E-state index is -0.0792. The van der Waals surface area contributed by atoms with Gasteiger partial charge in [0, 0.05) is 12.3 Å². The molecule has 1 heterocycles. The van der Waals surface area contributed by atoms with Crippen LogP contribution < -0.4 is 4.80 Å². The van der Waals surface area contributed by atoms with Gasteiger partial charge in [0.05, 0.1) is 16.6 Å². The highest BCUT2D eigenvalue weighted by Gasteiger charge is 2.11. The van der Waals surface area contributed by atoms with E-state index in [2.05, 4.69) is 60.9 Å². The second kappa shape index (κ2) is 8.23. The summed E-state index contributed by atoms with van der Waals surface area (Å²) in [6.45, 7) is 7.09. The molecule has 3 rings (SSSR count). The monoisotopic (exact) mass is 384 g/mol. The van der Waals surface area contributed by atoms with E-state index in [-0.39, 0.29) is 5.91 Å². The van der Waals surface area contributed by atoms with Crippen molar-refractivity contribution in [3.63, 3.8) is 0 Å². The molecule has 0 spiro atoms. The Hall–Kier alpha value is -1.85. The van der Waals surface area contributed by atoms with Crippen LogP contribution in [-0.2, 0) is 17.8 Å². The molecule has 136 valence electrons. The average Bonchev–Trinajstić information content (AvgIpc) is 2.93. The summed E-state index contributed by atoms with van der Waals surface area (Å²) in [6.07, 6.45) is 2.45. The first-order valence-electron chi connectivity index (χ1n) is 8.71. The van der Waals surface area contributed by atoms with Crippen molar-refractivity contribution in [1.29, 1.82) is 0 Å². The highest BCUT2D eigenvalue weighted by Crippen LogP contribution is 2.19. The van der Waals surface area contributed by atoms with Crippen LogP contribution >= 0.6 is 23.1 Å². The van der Waals surface area contributed by atoms with Crippen LogP contribution in [0, 0.1) is 20.8 Å². The minimum absolute atomic E-state index is 0.0792. The van der Waals surface area contributed by atoms with Gasteiger partial charge in [0.25, 0.3) is 5.91 Å². The molecule has 0 aliphatic heterocycles. The van der Waals surface area contributed by atoms with E-state index in [1.807, 2.05) is 12.1 Å². The number of aryl methyl sites for hydroxylation is 4. The van der Waals surface area contributed by atoms with Crippen LogP contribution in [0.3, 0.4) is 0 Å². The van der Waals surface area contributed by atoms with Gasteiger partial charge in [-0.05, 0) is 55.9 Å². The van der Waals surface area contributed by atoms with E-state index in [1.54, 1.807) is 23.1 Å². The van der Waals surface area contributed by atoms with Crippen LogP contribution in [0.15, 0.2) is 41.4 Å². The maximum Gasteiger partial charge on any atom is 0.252 e. The molecule has 0 bridgehead atoms. The van der Waals surface area contributed by atoms with E-state index in [0.717, 1.165) is 39.3 Å². The number of carbonyl (C=O) groups is 1. The van der Waals surface area contributed by atoms with E-state index in [9.17, 15) is 4.79 Å².